The minimum absolute atomic E-state index is 0. The van der Waals surface area contributed by atoms with Crippen molar-refractivity contribution in [3.63, 3.8) is 0 Å². The first-order chi connectivity index (χ1) is 4.77. The summed E-state index contributed by atoms with van der Waals surface area (Å²) in [5.41, 5.74) is 0. The van der Waals surface area contributed by atoms with Crippen molar-refractivity contribution in [3.05, 3.63) is 0 Å². The van der Waals surface area contributed by atoms with Crippen LogP contribution in [0.5, 0.6) is 0 Å². The van der Waals surface area contributed by atoms with Crippen molar-refractivity contribution in [3.8, 4) is 0 Å². The van der Waals surface area contributed by atoms with Crippen molar-refractivity contribution in [1.82, 2.24) is 0 Å². The van der Waals surface area contributed by atoms with Crippen LogP contribution >= 0.6 is 7.82 Å². The summed E-state index contributed by atoms with van der Waals surface area (Å²) < 4.78 is 19.6. The van der Waals surface area contributed by atoms with Crippen LogP contribution in [0.2, 0.25) is 0 Å². The van der Waals surface area contributed by atoms with Crippen LogP contribution in [0, 0.1) is 0 Å². The van der Waals surface area contributed by atoms with E-state index in [-0.39, 0.29) is 21.6 Å². The highest BCUT2D eigenvalue weighted by Gasteiger charge is 2.13. The molecule has 0 spiro atoms. The lowest BCUT2D eigenvalue weighted by molar-refractivity contribution is -0.887. The molecule has 0 aliphatic heterocycles. The molecule has 0 heterocycles. The van der Waals surface area contributed by atoms with Crippen LogP contribution in [-0.4, -0.2) is 39.5 Å². The van der Waals surface area contributed by atoms with E-state index in [9.17, 15) is 9.46 Å². The normalized spacial score (nSPS) is 15.2. The fourth-order valence-corrected chi connectivity index (χ4v) is 0.890. The van der Waals surface area contributed by atoms with E-state index in [1.54, 1.807) is 0 Å². The molecule has 13 heavy (non-hydrogen) atoms. The first-order valence-corrected chi connectivity index (χ1v) is 4.55. The van der Waals surface area contributed by atoms with Gasteiger partial charge in [-0.3, -0.25) is 9.09 Å². The first kappa shape index (κ1) is 18.8. The van der Waals surface area contributed by atoms with E-state index in [4.69, 9.17) is 0 Å². The molecule has 0 aromatic rings. The first-order valence-electron chi connectivity index (χ1n) is 3.09. The molecule has 1 atom stereocenters. The fourth-order valence-electron chi connectivity index (χ4n) is 0.297. The summed E-state index contributed by atoms with van der Waals surface area (Å²) in [5, 5.41) is 0. The molecule has 6 heteroatoms. The lowest BCUT2D eigenvalue weighted by Gasteiger charge is -2.27. The van der Waals surface area contributed by atoms with Gasteiger partial charge in [-0.2, -0.15) is 0 Å². The predicted molar refractivity (Wildman–Crippen MR) is 52.1 cm³/mol. The molecule has 0 saturated carbocycles. The van der Waals surface area contributed by atoms with E-state index < -0.39 is 7.82 Å². The van der Waals surface area contributed by atoms with Gasteiger partial charge in [-0.1, -0.05) is 14.9 Å². The quantitative estimate of drug-likeness (QED) is 0.399. The van der Waals surface area contributed by atoms with E-state index in [1.807, 2.05) is 21.1 Å². The molecule has 0 rings (SSSR count). The molecule has 0 saturated heterocycles. The van der Waals surface area contributed by atoms with Gasteiger partial charge in [0.05, 0.1) is 21.1 Å². The van der Waals surface area contributed by atoms with Crippen molar-refractivity contribution >= 4 is 7.82 Å². The number of rotatable bonds is 4. The van der Waals surface area contributed by atoms with Gasteiger partial charge in [0, 0.05) is 7.11 Å². The maximum Gasteiger partial charge on any atom is 0.272 e. The van der Waals surface area contributed by atoms with Crippen molar-refractivity contribution in [2.45, 2.75) is 14.9 Å². The molecule has 0 bridgehead atoms. The Bertz CT molecular complexity index is 166. The van der Waals surface area contributed by atoms with E-state index in [2.05, 4.69) is 9.05 Å². The van der Waals surface area contributed by atoms with Crippen molar-refractivity contribution in [2.24, 2.45) is 0 Å². The van der Waals surface area contributed by atoms with E-state index in [0.29, 0.717) is 4.48 Å². The van der Waals surface area contributed by atoms with Gasteiger partial charge >= 0.3 is 0 Å². The van der Waals surface area contributed by atoms with Crippen LogP contribution in [0.15, 0.2) is 0 Å². The van der Waals surface area contributed by atoms with Gasteiger partial charge in [-0.15, -0.1) is 0 Å². The summed E-state index contributed by atoms with van der Waals surface area (Å²) in [5.74, 6) is 0. The fraction of sp³-hybridized carbons (Fsp3) is 1.00. The van der Waals surface area contributed by atoms with Crippen molar-refractivity contribution in [2.75, 3.05) is 35.0 Å². The number of hydrogen-bond donors (Lipinski definition) is 0. The predicted octanol–water partition coefficient (Wildman–Crippen LogP) is 1.05. The number of phosphoric acid groups is 1. The number of phosphoric ester groups is 1. The molecular weight excluding hydrogens is 193 g/mol. The molecular formula is C7H22NO4P. The maximum atomic E-state index is 10.6. The van der Waals surface area contributed by atoms with Crippen LogP contribution in [-0.2, 0) is 13.6 Å². The Morgan fingerprint density at radius 2 is 1.69 bits per heavy atom. The van der Waals surface area contributed by atoms with Gasteiger partial charge in [0.15, 0.2) is 6.73 Å². The van der Waals surface area contributed by atoms with Crippen LogP contribution in [0.4, 0.5) is 0 Å². The zero-order valence-corrected chi connectivity index (χ0v) is 8.13. The lowest BCUT2D eigenvalue weighted by Crippen LogP contribution is -2.36. The maximum absolute atomic E-state index is 10.6. The van der Waals surface area contributed by atoms with Gasteiger partial charge in [0.2, 0.25) is 0 Å². The molecule has 0 amide bonds. The molecule has 0 fully saturated rings. The van der Waals surface area contributed by atoms with Crippen LogP contribution in [0.25, 0.3) is 0 Å². The highest BCUT2D eigenvalue weighted by Crippen LogP contribution is 2.36. The van der Waals surface area contributed by atoms with E-state index in [0.717, 1.165) is 7.11 Å². The summed E-state index contributed by atoms with van der Waals surface area (Å²) in [6.45, 7) is 0.0780. The van der Waals surface area contributed by atoms with Crippen LogP contribution in [0.3, 0.4) is 0 Å². The largest absolute Gasteiger partial charge is 0.756 e. The van der Waals surface area contributed by atoms with Gasteiger partial charge < -0.3 is 13.9 Å². The Balaban J connectivity index is -0.000000500. The number of quaternary nitrogens is 1. The second kappa shape index (κ2) is 6.51. The molecule has 0 N–H and O–H groups in total. The Kier molecular flexibility index (Phi) is 9.41. The third-order valence-electron chi connectivity index (χ3n) is 0.827. The molecule has 0 aliphatic rings. The summed E-state index contributed by atoms with van der Waals surface area (Å²) in [4.78, 5) is 10.6. The monoisotopic (exact) mass is 215 g/mol. The molecule has 0 aromatic heterocycles. The Morgan fingerprint density at radius 1 is 1.31 bits per heavy atom. The smallest absolute Gasteiger partial charge is 0.272 e. The molecule has 0 aliphatic carbocycles. The standard InChI is InChI=1S/C5H14NO4P.2CH4/c1-6(2,3)5-10-11(7,8)9-4;;/h5H2,1-4H3;2*1H4. The average molecular weight is 215 g/mol. The summed E-state index contributed by atoms with van der Waals surface area (Å²) in [7, 11) is 2.48. The molecule has 0 aromatic carbocycles. The summed E-state index contributed by atoms with van der Waals surface area (Å²) >= 11 is 0. The average Bonchev–Trinajstić information content (AvgIpc) is 1.83. The minimum Gasteiger partial charge on any atom is -0.756 e. The molecule has 0 radical (unpaired) electrons. The van der Waals surface area contributed by atoms with Crippen molar-refractivity contribution < 1.29 is 23.0 Å². The Hall–Kier alpha value is 0.0700. The summed E-state index contributed by atoms with van der Waals surface area (Å²) in [6.07, 6.45) is 0. The third-order valence-corrected chi connectivity index (χ3v) is 1.71. The van der Waals surface area contributed by atoms with Gasteiger partial charge in [0.25, 0.3) is 7.82 Å². The van der Waals surface area contributed by atoms with Gasteiger partial charge in [-0.05, 0) is 0 Å². The molecule has 5 nitrogen and oxygen atoms in total. The Labute approximate surface area is 81.5 Å². The molecule has 84 valence electrons. The van der Waals surface area contributed by atoms with E-state index >= 15 is 0 Å². The number of nitrogens with zero attached hydrogens (tertiary/aromatic N) is 1. The second-order valence-electron chi connectivity index (χ2n) is 3.18. The lowest BCUT2D eigenvalue weighted by atomic mass is 10.7. The van der Waals surface area contributed by atoms with Crippen LogP contribution < -0.4 is 4.89 Å². The highest BCUT2D eigenvalue weighted by molar-refractivity contribution is 7.45. The highest BCUT2D eigenvalue weighted by atomic mass is 31.2. The van der Waals surface area contributed by atoms with E-state index in [1.165, 1.54) is 0 Å². The summed E-state index contributed by atoms with van der Waals surface area (Å²) in [6, 6.07) is 0. The number of hydrogen-bond acceptors (Lipinski definition) is 4. The topological polar surface area (TPSA) is 58.6 Å². The second-order valence-corrected chi connectivity index (χ2v) is 4.70. The third kappa shape index (κ3) is 12.1. The zero-order valence-electron chi connectivity index (χ0n) is 7.23. The zero-order chi connectivity index (χ0) is 9.12. The molecule has 1 unspecified atom stereocenters. The van der Waals surface area contributed by atoms with Crippen molar-refractivity contribution in [1.29, 1.82) is 0 Å². The van der Waals surface area contributed by atoms with Gasteiger partial charge in [-0.25, -0.2) is 0 Å². The SMILES string of the molecule is C.C.COP(=O)([O-])OC[N+](C)(C)C. The van der Waals surface area contributed by atoms with Gasteiger partial charge in [0.1, 0.15) is 0 Å². The minimum atomic E-state index is -4.04. The Morgan fingerprint density at radius 3 is 1.92 bits per heavy atom. The van der Waals surface area contributed by atoms with Crippen LogP contribution in [0.1, 0.15) is 14.9 Å².